The van der Waals surface area contributed by atoms with Gasteiger partial charge in [0.05, 0.1) is 12.7 Å². The lowest BCUT2D eigenvalue weighted by atomic mass is 10.0. The van der Waals surface area contributed by atoms with E-state index in [1.165, 1.54) is 0 Å². The molecule has 4 nitrogen and oxygen atoms in total. The molecule has 0 amide bonds. The van der Waals surface area contributed by atoms with Crippen molar-refractivity contribution in [2.24, 2.45) is 5.92 Å². The van der Waals surface area contributed by atoms with Gasteiger partial charge in [0.15, 0.2) is 0 Å². The van der Waals surface area contributed by atoms with E-state index in [4.69, 9.17) is 4.74 Å². The third-order valence-electron chi connectivity index (χ3n) is 3.78. The molecule has 0 saturated heterocycles. The summed E-state index contributed by atoms with van der Waals surface area (Å²) in [6, 6.07) is 9.20. The number of esters is 1. The van der Waals surface area contributed by atoms with Gasteiger partial charge >= 0.3 is 5.97 Å². The van der Waals surface area contributed by atoms with Crippen LogP contribution in [0, 0.1) is 5.92 Å². The number of aliphatic hydroxyl groups is 1. The molecule has 2 N–H and O–H groups in total. The fraction of sp³-hybridized carbons (Fsp3) is 0.562. The van der Waals surface area contributed by atoms with Crippen LogP contribution in [0.5, 0.6) is 0 Å². The second kappa shape index (κ2) is 7.41. The molecule has 1 aliphatic carbocycles. The zero-order chi connectivity index (χ0) is 14.4. The zero-order valence-corrected chi connectivity index (χ0v) is 11.9. The van der Waals surface area contributed by atoms with Gasteiger partial charge in [0.25, 0.3) is 0 Å². The molecule has 1 aromatic carbocycles. The Kier molecular flexibility index (Phi) is 5.56. The van der Waals surface area contributed by atoms with Crippen molar-refractivity contribution in [2.75, 3.05) is 13.2 Å². The average molecular weight is 277 g/mol. The minimum atomic E-state index is -0.422. The summed E-state index contributed by atoms with van der Waals surface area (Å²) in [5.41, 5.74) is 0.921. The topological polar surface area (TPSA) is 58.6 Å². The molecule has 1 fully saturated rings. The molecule has 0 bridgehead atoms. The van der Waals surface area contributed by atoms with Crippen LogP contribution in [-0.4, -0.2) is 30.3 Å². The first-order valence-corrected chi connectivity index (χ1v) is 7.33. The van der Waals surface area contributed by atoms with Gasteiger partial charge in [-0.1, -0.05) is 30.3 Å². The van der Waals surface area contributed by atoms with Gasteiger partial charge in [-0.15, -0.1) is 0 Å². The standard InChI is InChI=1S/C16H23NO3/c1-2-20-16(19)15(13-6-4-3-5-7-13)17-11-12-8-9-14(18)10-12/h3-7,12,14-15,17-18H,2,8-11H2,1H3. The molecule has 0 aliphatic heterocycles. The number of nitrogens with one attached hydrogen (secondary N) is 1. The predicted molar refractivity (Wildman–Crippen MR) is 77.2 cm³/mol. The highest BCUT2D eigenvalue weighted by Crippen LogP contribution is 2.25. The molecule has 0 aromatic heterocycles. The second-order valence-electron chi connectivity index (χ2n) is 5.34. The minimum Gasteiger partial charge on any atom is -0.465 e. The lowest BCUT2D eigenvalue weighted by Crippen LogP contribution is -2.33. The molecule has 20 heavy (non-hydrogen) atoms. The summed E-state index contributed by atoms with van der Waals surface area (Å²) in [5.74, 6) is 0.197. The monoisotopic (exact) mass is 277 g/mol. The third kappa shape index (κ3) is 4.05. The third-order valence-corrected chi connectivity index (χ3v) is 3.78. The fourth-order valence-corrected chi connectivity index (χ4v) is 2.73. The Labute approximate surface area is 120 Å². The highest BCUT2D eigenvalue weighted by atomic mass is 16.5. The zero-order valence-electron chi connectivity index (χ0n) is 11.9. The number of benzene rings is 1. The van der Waals surface area contributed by atoms with Crippen molar-refractivity contribution in [3.05, 3.63) is 35.9 Å². The Hall–Kier alpha value is -1.39. The summed E-state index contributed by atoms with van der Waals surface area (Å²) in [7, 11) is 0. The molecule has 4 heteroatoms. The van der Waals surface area contributed by atoms with Crippen molar-refractivity contribution < 1.29 is 14.6 Å². The smallest absolute Gasteiger partial charge is 0.327 e. The van der Waals surface area contributed by atoms with Gasteiger partial charge < -0.3 is 15.2 Å². The largest absolute Gasteiger partial charge is 0.465 e. The van der Waals surface area contributed by atoms with Crippen molar-refractivity contribution in [1.29, 1.82) is 0 Å². The van der Waals surface area contributed by atoms with Crippen molar-refractivity contribution >= 4 is 5.97 Å². The summed E-state index contributed by atoms with van der Waals surface area (Å²) >= 11 is 0. The normalized spacial score (nSPS) is 23.5. The van der Waals surface area contributed by atoms with Crippen LogP contribution in [0.4, 0.5) is 0 Å². The Morgan fingerprint density at radius 1 is 1.40 bits per heavy atom. The van der Waals surface area contributed by atoms with Gasteiger partial charge in [-0.2, -0.15) is 0 Å². The molecule has 1 saturated carbocycles. The molecular formula is C16H23NO3. The maximum absolute atomic E-state index is 12.1. The van der Waals surface area contributed by atoms with Gasteiger partial charge in [0, 0.05) is 0 Å². The number of aliphatic hydroxyl groups excluding tert-OH is 1. The Balaban J connectivity index is 1.98. The van der Waals surface area contributed by atoms with Crippen LogP contribution in [0.3, 0.4) is 0 Å². The summed E-state index contributed by atoms with van der Waals surface area (Å²) in [5, 5.41) is 12.9. The van der Waals surface area contributed by atoms with Gasteiger partial charge in [-0.25, -0.2) is 4.79 Å². The van der Waals surface area contributed by atoms with E-state index in [2.05, 4.69) is 5.32 Å². The first-order chi connectivity index (χ1) is 9.70. The van der Waals surface area contributed by atoms with E-state index < -0.39 is 6.04 Å². The Bertz CT molecular complexity index is 421. The fourth-order valence-electron chi connectivity index (χ4n) is 2.73. The molecule has 1 aromatic rings. The molecule has 110 valence electrons. The molecule has 0 heterocycles. The lowest BCUT2D eigenvalue weighted by molar-refractivity contribution is -0.145. The van der Waals surface area contributed by atoms with Crippen LogP contribution in [0.2, 0.25) is 0 Å². The van der Waals surface area contributed by atoms with Crippen LogP contribution >= 0.6 is 0 Å². The van der Waals surface area contributed by atoms with Gasteiger partial charge in [-0.3, -0.25) is 0 Å². The summed E-state index contributed by atoms with van der Waals surface area (Å²) in [4.78, 5) is 12.1. The van der Waals surface area contributed by atoms with Crippen LogP contribution < -0.4 is 5.32 Å². The van der Waals surface area contributed by atoms with E-state index in [1.54, 1.807) is 0 Å². The molecule has 1 aliphatic rings. The highest BCUT2D eigenvalue weighted by molar-refractivity contribution is 5.77. The summed E-state index contributed by atoms with van der Waals surface area (Å²) < 4.78 is 5.14. The van der Waals surface area contributed by atoms with Crippen molar-refractivity contribution in [2.45, 2.75) is 38.3 Å². The van der Waals surface area contributed by atoms with Crippen molar-refractivity contribution in [3.63, 3.8) is 0 Å². The molecular weight excluding hydrogens is 254 g/mol. The average Bonchev–Trinajstić information content (AvgIpc) is 2.86. The molecule has 0 spiro atoms. The number of carbonyl (C=O) groups is 1. The predicted octanol–water partition coefficient (Wildman–Crippen LogP) is 2.04. The van der Waals surface area contributed by atoms with E-state index in [9.17, 15) is 9.90 Å². The van der Waals surface area contributed by atoms with Crippen LogP contribution in [-0.2, 0) is 9.53 Å². The summed E-state index contributed by atoms with van der Waals surface area (Å²) in [6.45, 7) is 2.93. The van der Waals surface area contributed by atoms with E-state index in [0.29, 0.717) is 12.5 Å². The van der Waals surface area contributed by atoms with Crippen LogP contribution in [0.25, 0.3) is 0 Å². The van der Waals surface area contributed by atoms with E-state index in [-0.39, 0.29) is 12.1 Å². The van der Waals surface area contributed by atoms with E-state index in [1.807, 2.05) is 37.3 Å². The number of carbonyl (C=O) groups excluding carboxylic acids is 1. The van der Waals surface area contributed by atoms with Crippen molar-refractivity contribution in [3.8, 4) is 0 Å². The van der Waals surface area contributed by atoms with Crippen LogP contribution in [0.15, 0.2) is 30.3 Å². The minimum absolute atomic E-state index is 0.181. The first kappa shape index (κ1) is 15.0. The molecule has 3 atom stereocenters. The number of hydrogen-bond acceptors (Lipinski definition) is 4. The van der Waals surface area contributed by atoms with E-state index >= 15 is 0 Å². The molecule has 2 rings (SSSR count). The van der Waals surface area contributed by atoms with E-state index in [0.717, 1.165) is 31.4 Å². The lowest BCUT2D eigenvalue weighted by Gasteiger charge is -2.20. The Morgan fingerprint density at radius 3 is 2.75 bits per heavy atom. The Morgan fingerprint density at radius 2 is 2.15 bits per heavy atom. The van der Waals surface area contributed by atoms with Crippen LogP contribution in [0.1, 0.15) is 37.8 Å². The van der Waals surface area contributed by atoms with Gasteiger partial charge in [-0.05, 0) is 44.2 Å². The number of rotatable bonds is 6. The second-order valence-corrected chi connectivity index (χ2v) is 5.34. The number of hydrogen-bond donors (Lipinski definition) is 2. The van der Waals surface area contributed by atoms with Crippen molar-refractivity contribution in [1.82, 2.24) is 5.32 Å². The molecule has 0 radical (unpaired) electrons. The SMILES string of the molecule is CCOC(=O)C(NCC1CCC(O)C1)c1ccccc1. The molecule has 3 unspecified atom stereocenters. The van der Waals surface area contributed by atoms with Gasteiger partial charge in [0.1, 0.15) is 6.04 Å². The number of ether oxygens (including phenoxy) is 1. The van der Waals surface area contributed by atoms with Gasteiger partial charge in [0.2, 0.25) is 0 Å². The summed E-state index contributed by atoms with van der Waals surface area (Å²) in [6.07, 6.45) is 2.51. The highest BCUT2D eigenvalue weighted by Gasteiger charge is 2.26. The maximum atomic E-state index is 12.1. The quantitative estimate of drug-likeness (QED) is 0.781. The first-order valence-electron chi connectivity index (χ1n) is 7.33. The maximum Gasteiger partial charge on any atom is 0.327 e.